The lowest BCUT2D eigenvalue weighted by molar-refractivity contribution is -0.669. The van der Waals surface area contributed by atoms with E-state index in [-0.39, 0.29) is 5.88 Å². The van der Waals surface area contributed by atoms with Gasteiger partial charge in [0.05, 0.1) is 5.10 Å². The van der Waals surface area contributed by atoms with Crippen molar-refractivity contribution in [2.75, 3.05) is 0 Å². The summed E-state index contributed by atoms with van der Waals surface area (Å²) >= 11 is 0. The number of rotatable bonds is 2. The molecule has 0 aliphatic heterocycles. The molecule has 2 aromatic rings. The van der Waals surface area contributed by atoms with E-state index in [1.165, 1.54) is 6.20 Å². The summed E-state index contributed by atoms with van der Waals surface area (Å²) < 4.78 is 5.33. The van der Waals surface area contributed by atoms with Gasteiger partial charge < -0.3 is 9.94 Å². The first-order valence-electron chi connectivity index (χ1n) is 4.14. The van der Waals surface area contributed by atoms with Crippen molar-refractivity contribution in [2.24, 2.45) is 0 Å². The van der Waals surface area contributed by atoms with E-state index in [4.69, 9.17) is 4.74 Å². The molecule has 14 heavy (non-hydrogen) atoms. The van der Waals surface area contributed by atoms with Crippen molar-refractivity contribution in [3.8, 4) is 11.6 Å². The van der Waals surface area contributed by atoms with Crippen LogP contribution in [0, 0.1) is 5.21 Å². The van der Waals surface area contributed by atoms with E-state index in [2.05, 4.69) is 5.10 Å². The summed E-state index contributed by atoms with van der Waals surface area (Å²) in [6.07, 6.45) is 1.30. The lowest BCUT2D eigenvalue weighted by Crippen LogP contribution is -2.29. The van der Waals surface area contributed by atoms with Crippen molar-refractivity contribution in [3.63, 3.8) is 0 Å². The van der Waals surface area contributed by atoms with E-state index in [1.54, 1.807) is 24.3 Å². The predicted molar refractivity (Wildman–Crippen MR) is 49.7 cm³/mol. The van der Waals surface area contributed by atoms with Gasteiger partial charge in [0.15, 0.2) is 0 Å². The highest BCUT2D eigenvalue weighted by Crippen LogP contribution is 2.16. The average molecular weight is 188 g/mol. The molecular weight excluding hydrogens is 180 g/mol. The van der Waals surface area contributed by atoms with Gasteiger partial charge in [-0.25, -0.2) is 0 Å². The van der Waals surface area contributed by atoms with Gasteiger partial charge in [0.2, 0.25) is 6.20 Å². The zero-order valence-electron chi connectivity index (χ0n) is 7.33. The molecule has 0 spiro atoms. The van der Waals surface area contributed by atoms with Gasteiger partial charge in [-0.3, -0.25) is 0 Å². The number of ether oxygens (including phenoxy) is 1. The second-order valence-corrected chi connectivity index (χ2v) is 2.66. The molecule has 70 valence electrons. The molecule has 1 aromatic heterocycles. The third-order valence-corrected chi connectivity index (χ3v) is 1.62. The Kier molecular flexibility index (Phi) is 2.27. The second-order valence-electron chi connectivity index (χ2n) is 2.66. The van der Waals surface area contributed by atoms with Crippen molar-refractivity contribution in [2.45, 2.75) is 0 Å². The topological polar surface area (TPSA) is 49.1 Å². The van der Waals surface area contributed by atoms with Gasteiger partial charge in [0, 0.05) is 12.1 Å². The van der Waals surface area contributed by atoms with E-state index >= 15 is 0 Å². The largest absolute Gasteiger partial charge is 0.594 e. The molecule has 1 aromatic carbocycles. The molecule has 0 unspecified atom stereocenters. The minimum absolute atomic E-state index is 0.286. The quantitative estimate of drug-likeness (QED) is 0.530. The second kappa shape index (κ2) is 3.74. The van der Waals surface area contributed by atoms with Crippen LogP contribution in [0.15, 0.2) is 48.7 Å². The summed E-state index contributed by atoms with van der Waals surface area (Å²) in [6.45, 7) is 0. The Hall–Kier alpha value is -2.10. The van der Waals surface area contributed by atoms with Crippen LogP contribution >= 0.6 is 0 Å². The molecular formula is C10H8N2O2. The fraction of sp³-hybridized carbons (Fsp3) is 0. The molecule has 0 saturated carbocycles. The molecule has 2 rings (SSSR count). The third kappa shape index (κ3) is 1.98. The first-order valence-corrected chi connectivity index (χ1v) is 4.14. The number of hydrogen-bond acceptors (Lipinski definition) is 3. The number of para-hydroxylation sites is 1. The van der Waals surface area contributed by atoms with Crippen LogP contribution < -0.4 is 9.58 Å². The number of benzene rings is 1. The van der Waals surface area contributed by atoms with Gasteiger partial charge in [-0.2, -0.15) is 0 Å². The number of nitrogens with zero attached hydrogens (tertiary/aromatic N) is 2. The van der Waals surface area contributed by atoms with E-state index in [0.29, 0.717) is 10.6 Å². The monoisotopic (exact) mass is 188 g/mol. The SMILES string of the molecule is [O-][n+]1cccc(Oc2ccccc2)n1. The van der Waals surface area contributed by atoms with Crippen LogP contribution in [0.3, 0.4) is 0 Å². The molecule has 0 atom stereocenters. The fourth-order valence-corrected chi connectivity index (χ4v) is 1.03. The van der Waals surface area contributed by atoms with Crippen molar-refractivity contribution in [1.29, 1.82) is 0 Å². The maximum Gasteiger partial charge on any atom is 0.285 e. The first-order chi connectivity index (χ1) is 6.84. The zero-order chi connectivity index (χ0) is 9.80. The Labute approximate surface area is 81.0 Å². The first kappa shape index (κ1) is 8.50. The smallest absolute Gasteiger partial charge is 0.285 e. The van der Waals surface area contributed by atoms with Gasteiger partial charge >= 0.3 is 0 Å². The minimum atomic E-state index is 0.286. The Morgan fingerprint density at radius 3 is 2.57 bits per heavy atom. The van der Waals surface area contributed by atoms with Crippen molar-refractivity contribution in [1.82, 2.24) is 5.10 Å². The van der Waals surface area contributed by atoms with Crippen LogP contribution in [-0.4, -0.2) is 5.10 Å². The van der Waals surface area contributed by atoms with E-state index < -0.39 is 0 Å². The Morgan fingerprint density at radius 2 is 1.86 bits per heavy atom. The van der Waals surface area contributed by atoms with E-state index in [0.717, 1.165) is 0 Å². The molecule has 0 saturated heterocycles. The molecule has 0 radical (unpaired) electrons. The normalized spacial score (nSPS) is 9.71. The maximum absolute atomic E-state index is 10.8. The molecule has 0 fully saturated rings. The van der Waals surface area contributed by atoms with Crippen LogP contribution in [0.5, 0.6) is 11.6 Å². The van der Waals surface area contributed by atoms with Crippen molar-refractivity contribution in [3.05, 3.63) is 53.9 Å². The van der Waals surface area contributed by atoms with Crippen LogP contribution in [0.25, 0.3) is 0 Å². The molecule has 0 N–H and O–H groups in total. The van der Waals surface area contributed by atoms with Crippen LogP contribution in [0.4, 0.5) is 0 Å². The average Bonchev–Trinajstić information content (AvgIpc) is 2.19. The van der Waals surface area contributed by atoms with Crippen molar-refractivity contribution >= 4 is 0 Å². The van der Waals surface area contributed by atoms with Crippen LogP contribution in [0.2, 0.25) is 0 Å². The lowest BCUT2D eigenvalue weighted by Gasteiger charge is -2.01. The molecule has 0 aliphatic carbocycles. The Bertz CT molecular complexity index is 417. The van der Waals surface area contributed by atoms with Crippen LogP contribution in [-0.2, 0) is 0 Å². The summed E-state index contributed by atoms with van der Waals surface area (Å²) in [5, 5.41) is 14.4. The predicted octanol–water partition coefficient (Wildman–Crippen LogP) is 1.51. The molecule has 0 bridgehead atoms. The van der Waals surface area contributed by atoms with Gasteiger partial charge in [0.25, 0.3) is 5.88 Å². The summed E-state index contributed by atoms with van der Waals surface area (Å²) in [4.78, 5) is 0.457. The van der Waals surface area contributed by atoms with Crippen molar-refractivity contribution < 1.29 is 9.58 Å². The molecule has 4 heteroatoms. The standard InChI is InChI=1S/C10H8N2O2/c13-12-8-4-7-10(11-12)14-9-5-2-1-3-6-9/h1-8H. The molecule has 1 heterocycles. The van der Waals surface area contributed by atoms with E-state index in [1.807, 2.05) is 18.2 Å². The van der Waals surface area contributed by atoms with Gasteiger partial charge in [-0.05, 0) is 12.1 Å². The maximum atomic E-state index is 10.8. The van der Waals surface area contributed by atoms with Crippen LogP contribution in [0.1, 0.15) is 0 Å². The fourth-order valence-electron chi connectivity index (χ4n) is 1.03. The minimum Gasteiger partial charge on any atom is -0.594 e. The highest BCUT2D eigenvalue weighted by atomic mass is 16.5. The summed E-state index contributed by atoms with van der Waals surface area (Å²) in [7, 11) is 0. The third-order valence-electron chi connectivity index (χ3n) is 1.62. The molecule has 0 aliphatic rings. The molecule has 0 amide bonds. The Balaban J connectivity index is 2.19. The van der Waals surface area contributed by atoms with E-state index in [9.17, 15) is 5.21 Å². The van der Waals surface area contributed by atoms with Gasteiger partial charge in [-0.1, -0.05) is 23.0 Å². The Morgan fingerprint density at radius 1 is 1.07 bits per heavy atom. The highest BCUT2D eigenvalue weighted by molar-refractivity contribution is 5.25. The zero-order valence-corrected chi connectivity index (χ0v) is 7.33. The lowest BCUT2D eigenvalue weighted by atomic mass is 10.3. The van der Waals surface area contributed by atoms with Gasteiger partial charge in [0.1, 0.15) is 5.75 Å². The van der Waals surface area contributed by atoms with Gasteiger partial charge in [-0.15, -0.1) is 0 Å². The summed E-state index contributed by atoms with van der Waals surface area (Å²) in [6, 6.07) is 12.4. The summed E-state index contributed by atoms with van der Waals surface area (Å²) in [5.74, 6) is 0.944. The number of aromatic nitrogens is 2. The molecule has 4 nitrogen and oxygen atoms in total. The number of hydrogen-bond donors (Lipinski definition) is 0. The summed E-state index contributed by atoms with van der Waals surface area (Å²) in [5.41, 5.74) is 0. The highest BCUT2D eigenvalue weighted by Gasteiger charge is 2.00.